The lowest BCUT2D eigenvalue weighted by molar-refractivity contribution is 0.0712. The number of aromatic nitrogens is 1. The Hall–Kier alpha value is -4.46. The Morgan fingerprint density at radius 2 is 1.68 bits per heavy atom. The summed E-state index contributed by atoms with van der Waals surface area (Å²) in [6, 6.07) is 17.7. The summed E-state index contributed by atoms with van der Waals surface area (Å²) < 4.78 is 0. The van der Waals surface area contributed by atoms with E-state index < -0.39 is 0 Å². The Morgan fingerprint density at radius 1 is 1.00 bits per heavy atom. The SMILES string of the molecule is CN/C(=C\C=N)c1ccc(C2CCN(C(=O)c3ccc(C)c(NC(=O)c4ccc(NC(C)C)nc4)c3)CC2)cc1. The Bertz CT molecular complexity index is 1370. The van der Waals surface area contributed by atoms with E-state index in [1.165, 1.54) is 11.8 Å². The first-order valence-electron chi connectivity index (χ1n) is 13.7. The number of rotatable bonds is 9. The molecule has 2 amide bonds. The molecule has 40 heavy (non-hydrogen) atoms. The number of hydrogen-bond acceptors (Lipinski definition) is 6. The highest BCUT2D eigenvalue weighted by Gasteiger charge is 2.25. The topological polar surface area (TPSA) is 110 Å². The second-order valence-electron chi connectivity index (χ2n) is 10.4. The molecule has 0 aliphatic carbocycles. The number of likely N-dealkylation sites (tertiary alicyclic amines) is 1. The van der Waals surface area contributed by atoms with Crippen LogP contribution in [0.4, 0.5) is 11.5 Å². The molecule has 0 atom stereocenters. The number of anilines is 2. The molecular weight excluding hydrogens is 500 g/mol. The normalized spacial score (nSPS) is 14.1. The van der Waals surface area contributed by atoms with Crippen molar-refractivity contribution in [2.45, 2.75) is 45.6 Å². The highest BCUT2D eigenvalue weighted by atomic mass is 16.2. The fourth-order valence-corrected chi connectivity index (χ4v) is 4.93. The molecule has 0 spiro atoms. The van der Waals surface area contributed by atoms with E-state index in [0.717, 1.165) is 35.5 Å². The van der Waals surface area contributed by atoms with E-state index in [1.807, 2.05) is 44.9 Å². The molecule has 0 radical (unpaired) electrons. The van der Waals surface area contributed by atoms with Crippen LogP contribution in [-0.4, -0.2) is 54.1 Å². The van der Waals surface area contributed by atoms with E-state index in [2.05, 4.69) is 45.2 Å². The largest absolute Gasteiger partial charge is 0.388 e. The van der Waals surface area contributed by atoms with Crippen LogP contribution in [-0.2, 0) is 0 Å². The van der Waals surface area contributed by atoms with Gasteiger partial charge in [-0.3, -0.25) is 9.59 Å². The Labute approximate surface area is 236 Å². The molecule has 2 aromatic carbocycles. The second-order valence-corrected chi connectivity index (χ2v) is 10.4. The smallest absolute Gasteiger partial charge is 0.257 e. The number of amides is 2. The zero-order valence-corrected chi connectivity index (χ0v) is 23.6. The summed E-state index contributed by atoms with van der Waals surface area (Å²) >= 11 is 0. The molecule has 1 aliphatic rings. The number of pyridine rings is 1. The lowest BCUT2D eigenvalue weighted by atomic mass is 9.88. The van der Waals surface area contributed by atoms with Crippen molar-refractivity contribution >= 4 is 35.2 Å². The van der Waals surface area contributed by atoms with Crippen LogP contribution in [0.15, 0.2) is 66.9 Å². The molecule has 1 saturated heterocycles. The van der Waals surface area contributed by atoms with E-state index in [9.17, 15) is 9.59 Å². The second kappa shape index (κ2) is 13.1. The maximum Gasteiger partial charge on any atom is 0.257 e. The highest BCUT2D eigenvalue weighted by Crippen LogP contribution is 2.30. The molecule has 0 unspecified atom stereocenters. The average molecular weight is 539 g/mol. The van der Waals surface area contributed by atoms with Crippen molar-refractivity contribution in [2.24, 2.45) is 0 Å². The van der Waals surface area contributed by atoms with E-state index in [1.54, 1.807) is 30.5 Å². The summed E-state index contributed by atoms with van der Waals surface area (Å²) in [5.74, 6) is 0.825. The van der Waals surface area contributed by atoms with Crippen molar-refractivity contribution in [3.63, 3.8) is 0 Å². The van der Waals surface area contributed by atoms with E-state index in [4.69, 9.17) is 5.41 Å². The first kappa shape index (κ1) is 28.5. The highest BCUT2D eigenvalue weighted by molar-refractivity contribution is 6.05. The summed E-state index contributed by atoms with van der Waals surface area (Å²) in [7, 11) is 1.85. The Kier molecular flexibility index (Phi) is 9.32. The van der Waals surface area contributed by atoms with Gasteiger partial charge in [0.1, 0.15) is 5.82 Å². The van der Waals surface area contributed by atoms with Crippen LogP contribution in [0.1, 0.15) is 70.0 Å². The van der Waals surface area contributed by atoms with Crippen molar-refractivity contribution < 1.29 is 9.59 Å². The van der Waals surface area contributed by atoms with Gasteiger partial charge in [0.05, 0.1) is 5.56 Å². The van der Waals surface area contributed by atoms with Crippen LogP contribution in [0.25, 0.3) is 5.70 Å². The third-order valence-electron chi connectivity index (χ3n) is 7.19. The van der Waals surface area contributed by atoms with Gasteiger partial charge in [0.25, 0.3) is 11.8 Å². The van der Waals surface area contributed by atoms with E-state index in [-0.39, 0.29) is 17.9 Å². The predicted molar refractivity (Wildman–Crippen MR) is 162 cm³/mol. The minimum Gasteiger partial charge on any atom is -0.388 e. The van der Waals surface area contributed by atoms with Gasteiger partial charge in [-0.25, -0.2) is 4.98 Å². The van der Waals surface area contributed by atoms with Crippen molar-refractivity contribution in [2.75, 3.05) is 30.8 Å². The molecule has 208 valence electrons. The summed E-state index contributed by atoms with van der Waals surface area (Å²) in [5.41, 5.74) is 5.74. The van der Waals surface area contributed by atoms with Crippen molar-refractivity contribution in [3.05, 3.63) is 94.7 Å². The lowest BCUT2D eigenvalue weighted by Crippen LogP contribution is -2.38. The number of nitrogens with one attached hydrogen (secondary N) is 4. The fourth-order valence-electron chi connectivity index (χ4n) is 4.93. The Morgan fingerprint density at radius 3 is 2.27 bits per heavy atom. The van der Waals surface area contributed by atoms with Gasteiger partial charge in [0, 0.05) is 55.5 Å². The predicted octanol–water partition coefficient (Wildman–Crippen LogP) is 5.69. The summed E-state index contributed by atoms with van der Waals surface area (Å²) in [4.78, 5) is 32.5. The van der Waals surface area contributed by atoms with Gasteiger partial charge in [-0.05, 0) is 86.6 Å². The summed E-state index contributed by atoms with van der Waals surface area (Å²) in [6.45, 7) is 7.33. The molecule has 4 N–H and O–H groups in total. The molecule has 8 nitrogen and oxygen atoms in total. The van der Waals surface area contributed by atoms with E-state index >= 15 is 0 Å². The van der Waals surface area contributed by atoms with Gasteiger partial charge in [0.2, 0.25) is 0 Å². The number of aryl methyl sites for hydroxylation is 1. The van der Waals surface area contributed by atoms with Gasteiger partial charge in [0.15, 0.2) is 0 Å². The van der Waals surface area contributed by atoms with Crippen molar-refractivity contribution in [1.29, 1.82) is 5.41 Å². The van der Waals surface area contributed by atoms with Gasteiger partial charge < -0.3 is 26.3 Å². The van der Waals surface area contributed by atoms with Gasteiger partial charge >= 0.3 is 0 Å². The van der Waals surface area contributed by atoms with Gasteiger partial charge in [-0.2, -0.15) is 0 Å². The fraction of sp³-hybridized carbons (Fsp3) is 0.312. The van der Waals surface area contributed by atoms with Crippen LogP contribution < -0.4 is 16.0 Å². The first-order valence-corrected chi connectivity index (χ1v) is 13.7. The lowest BCUT2D eigenvalue weighted by Gasteiger charge is -2.32. The van der Waals surface area contributed by atoms with Crippen LogP contribution in [0, 0.1) is 12.3 Å². The molecule has 1 fully saturated rings. The molecule has 1 aromatic heterocycles. The van der Waals surface area contributed by atoms with Crippen molar-refractivity contribution in [1.82, 2.24) is 15.2 Å². The van der Waals surface area contributed by atoms with E-state index in [0.29, 0.717) is 35.8 Å². The van der Waals surface area contributed by atoms with Crippen LogP contribution in [0.3, 0.4) is 0 Å². The van der Waals surface area contributed by atoms with Crippen LogP contribution in [0.5, 0.6) is 0 Å². The van der Waals surface area contributed by atoms with Crippen LogP contribution >= 0.6 is 0 Å². The molecule has 3 aromatic rings. The standard InChI is InChI=1S/C32H38N6O2/c1-21(2)36-30-12-11-27(20-35-30)31(39)37-29-19-26(6-5-22(29)3)32(40)38-17-14-24(15-18-38)23-7-9-25(10-8-23)28(34-4)13-16-33/h5-13,16,19-21,24,33-34H,14-15,17-18H2,1-4H3,(H,35,36)(H,37,39)/b28-13-,33-16?. The number of carbonyl (C=O) groups is 2. The minimum absolute atomic E-state index is 0.0227. The molecule has 4 rings (SSSR count). The summed E-state index contributed by atoms with van der Waals surface area (Å²) in [5, 5.41) is 16.6. The number of piperidine rings is 1. The van der Waals surface area contributed by atoms with Crippen molar-refractivity contribution in [3.8, 4) is 0 Å². The maximum atomic E-state index is 13.4. The minimum atomic E-state index is -0.265. The number of nitrogens with zero attached hydrogens (tertiary/aromatic N) is 2. The molecule has 2 heterocycles. The quantitative estimate of drug-likeness (QED) is 0.262. The van der Waals surface area contributed by atoms with Crippen LogP contribution in [0.2, 0.25) is 0 Å². The molecule has 1 aliphatic heterocycles. The molecule has 0 bridgehead atoms. The van der Waals surface area contributed by atoms with Gasteiger partial charge in [-0.1, -0.05) is 30.3 Å². The number of hydrogen-bond donors (Lipinski definition) is 4. The number of carbonyl (C=O) groups excluding carboxylic acids is 2. The Balaban J connectivity index is 1.37. The summed E-state index contributed by atoms with van der Waals surface area (Å²) in [6.07, 6.45) is 6.35. The maximum absolute atomic E-state index is 13.4. The first-order chi connectivity index (χ1) is 19.3. The third-order valence-corrected chi connectivity index (χ3v) is 7.19. The number of allylic oxidation sites excluding steroid dienone is 1. The molecule has 8 heteroatoms. The zero-order valence-electron chi connectivity index (χ0n) is 23.6. The van der Waals surface area contributed by atoms with Gasteiger partial charge in [-0.15, -0.1) is 0 Å². The molecule has 0 saturated carbocycles. The monoisotopic (exact) mass is 538 g/mol. The number of benzene rings is 2. The molecular formula is C32H38N6O2. The average Bonchev–Trinajstić information content (AvgIpc) is 2.97. The zero-order chi connectivity index (χ0) is 28.6. The third kappa shape index (κ3) is 6.94.